The Labute approximate surface area is 174 Å². The molecule has 3 rings (SSSR count). The van der Waals surface area contributed by atoms with Crippen LogP contribution in [0.15, 0.2) is 78.0 Å². The van der Waals surface area contributed by atoms with Crippen LogP contribution in [-0.2, 0) is 5.75 Å². The van der Waals surface area contributed by atoms with Gasteiger partial charge in [-0.25, -0.2) is 9.78 Å². The number of benzene rings is 2. The molecule has 2 aromatic carbocycles. The van der Waals surface area contributed by atoms with Crippen molar-refractivity contribution >= 4 is 23.5 Å². The van der Waals surface area contributed by atoms with Crippen molar-refractivity contribution in [2.75, 3.05) is 19.0 Å². The van der Waals surface area contributed by atoms with E-state index in [1.807, 2.05) is 42.5 Å². The van der Waals surface area contributed by atoms with Crippen molar-refractivity contribution in [1.82, 2.24) is 10.3 Å². The van der Waals surface area contributed by atoms with Crippen LogP contribution in [-0.4, -0.2) is 29.8 Å². The maximum Gasteiger partial charge on any atom is 0.319 e. The smallest absolute Gasteiger partial charge is 0.319 e. The lowest BCUT2D eigenvalue weighted by Crippen LogP contribution is -2.32. The number of thioether (sulfide) groups is 1. The summed E-state index contributed by atoms with van der Waals surface area (Å²) in [6.07, 6.45) is 0.970. The van der Waals surface area contributed by atoms with Gasteiger partial charge in [0.25, 0.3) is 0 Å². The number of ether oxygens (including phenoxy) is 1. The highest BCUT2D eigenvalue weighted by Gasteiger charge is 2.10. The van der Waals surface area contributed by atoms with Crippen LogP contribution in [0.4, 0.5) is 10.5 Å². The SMILES string of the molecule is COc1ccc(C(O)CNC(=O)Nc2cccc(CSc3ccccn3)c2)cc1. The van der Waals surface area contributed by atoms with Crippen LogP contribution < -0.4 is 15.4 Å². The van der Waals surface area contributed by atoms with E-state index in [2.05, 4.69) is 15.6 Å². The van der Waals surface area contributed by atoms with Crippen LogP contribution in [0.5, 0.6) is 5.75 Å². The number of pyridine rings is 1. The molecule has 0 aliphatic rings. The number of carbonyl (C=O) groups is 1. The molecule has 1 unspecified atom stereocenters. The predicted molar refractivity (Wildman–Crippen MR) is 115 cm³/mol. The van der Waals surface area contributed by atoms with Gasteiger partial charge in [-0.3, -0.25) is 0 Å². The zero-order chi connectivity index (χ0) is 20.5. The average molecular weight is 410 g/mol. The summed E-state index contributed by atoms with van der Waals surface area (Å²) in [5.74, 6) is 1.47. The van der Waals surface area contributed by atoms with Crippen LogP contribution in [0.1, 0.15) is 17.2 Å². The van der Waals surface area contributed by atoms with Gasteiger partial charge in [-0.05, 0) is 47.5 Å². The summed E-state index contributed by atoms with van der Waals surface area (Å²) in [4.78, 5) is 16.5. The fourth-order valence-corrected chi connectivity index (χ4v) is 3.44. The third-order valence-corrected chi connectivity index (χ3v) is 5.18. The number of aromatic nitrogens is 1. The molecule has 6 nitrogen and oxygen atoms in total. The molecule has 0 aliphatic heterocycles. The van der Waals surface area contributed by atoms with Gasteiger partial charge in [0.05, 0.1) is 18.2 Å². The van der Waals surface area contributed by atoms with Crippen LogP contribution in [0.2, 0.25) is 0 Å². The molecule has 1 heterocycles. The molecule has 0 radical (unpaired) electrons. The van der Waals surface area contributed by atoms with E-state index in [-0.39, 0.29) is 12.6 Å². The first kappa shape index (κ1) is 20.7. The van der Waals surface area contributed by atoms with Gasteiger partial charge in [0, 0.05) is 24.2 Å². The van der Waals surface area contributed by atoms with Gasteiger partial charge >= 0.3 is 6.03 Å². The van der Waals surface area contributed by atoms with Gasteiger partial charge in [0.1, 0.15) is 5.75 Å². The number of methoxy groups -OCH3 is 1. The predicted octanol–water partition coefficient (Wildman–Crippen LogP) is 4.24. The molecule has 3 aromatic rings. The first-order chi connectivity index (χ1) is 14.1. The van der Waals surface area contributed by atoms with E-state index in [0.717, 1.165) is 16.3 Å². The number of nitrogens with zero attached hydrogens (tertiary/aromatic N) is 1. The summed E-state index contributed by atoms with van der Waals surface area (Å²) in [7, 11) is 1.59. The highest BCUT2D eigenvalue weighted by Crippen LogP contribution is 2.22. The Kier molecular flexibility index (Phi) is 7.49. The third-order valence-electron chi connectivity index (χ3n) is 4.17. The highest BCUT2D eigenvalue weighted by molar-refractivity contribution is 7.98. The van der Waals surface area contributed by atoms with E-state index in [4.69, 9.17) is 4.74 Å². The van der Waals surface area contributed by atoms with Crippen molar-refractivity contribution in [3.63, 3.8) is 0 Å². The molecule has 0 saturated carbocycles. The molecule has 29 heavy (non-hydrogen) atoms. The molecule has 2 amide bonds. The summed E-state index contributed by atoms with van der Waals surface area (Å²) in [6, 6.07) is 20.2. The van der Waals surface area contributed by atoms with E-state index < -0.39 is 6.10 Å². The number of carbonyl (C=O) groups excluding carboxylic acids is 1. The number of hydrogen-bond acceptors (Lipinski definition) is 5. The van der Waals surface area contributed by atoms with Gasteiger partial charge < -0.3 is 20.5 Å². The lowest BCUT2D eigenvalue weighted by molar-refractivity contribution is 0.175. The molecule has 0 aliphatic carbocycles. The van der Waals surface area contributed by atoms with Crippen molar-refractivity contribution in [3.05, 3.63) is 84.1 Å². The van der Waals surface area contributed by atoms with Crippen LogP contribution in [0.3, 0.4) is 0 Å². The average Bonchev–Trinajstić information content (AvgIpc) is 2.77. The van der Waals surface area contributed by atoms with E-state index in [1.165, 1.54) is 0 Å². The van der Waals surface area contributed by atoms with Crippen molar-refractivity contribution in [2.24, 2.45) is 0 Å². The minimum absolute atomic E-state index is 0.105. The summed E-state index contributed by atoms with van der Waals surface area (Å²) >= 11 is 1.63. The Hall–Kier alpha value is -3.03. The van der Waals surface area contributed by atoms with E-state index >= 15 is 0 Å². The van der Waals surface area contributed by atoms with Crippen LogP contribution in [0, 0.1) is 0 Å². The molecule has 0 saturated heterocycles. The highest BCUT2D eigenvalue weighted by atomic mass is 32.2. The normalized spacial score (nSPS) is 11.5. The maximum atomic E-state index is 12.2. The van der Waals surface area contributed by atoms with Crippen molar-refractivity contribution in [1.29, 1.82) is 0 Å². The molecule has 0 fully saturated rings. The summed E-state index contributed by atoms with van der Waals surface area (Å²) in [5.41, 5.74) is 2.48. The van der Waals surface area contributed by atoms with E-state index in [1.54, 1.807) is 49.3 Å². The Morgan fingerprint density at radius 3 is 2.69 bits per heavy atom. The minimum Gasteiger partial charge on any atom is -0.497 e. The number of rotatable bonds is 8. The molecule has 1 aromatic heterocycles. The van der Waals surface area contributed by atoms with Gasteiger partial charge in [-0.2, -0.15) is 0 Å². The summed E-state index contributed by atoms with van der Waals surface area (Å²) in [5, 5.41) is 16.7. The monoisotopic (exact) mass is 409 g/mol. The number of aliphatic hydroxyl groups is 1. The zero-order valence-electron chi connectivity index (χ0n) is 16.0. The number of anilines is 1. The topological polar surface area (TPSA) is 83.5 Å². The fourth-order valence-electron chi connectivity index (χ4n) is 2.64. The van der Waals surface area contributed by atoms with Crippen molar-refractivity contribution in [2.45, 2.75) is 16.9 Å². The summed E-state index contributed by atoms with van der Waals surface area (Å²) < 4.78 is 5.10. The number of nitrogens with one attached hydrogen (secondary N) is 2. The lowest BCUT2D eigenvalue weighted by Gasteiger charge is -2.14. The second kappa shape index (κ2) is 10.5. The molecule has 150 valence electrons. The molecular formula is C22H23N3O3S. The second-order valence-electron chi connectivity index (χ2n) is 6.28. The van der Waals surface area contributed by atoms with Crippen LogP contribution >= 0.6 is 11.8 Å². The van der Waals surface area contributed by atoms with Crippen molar-refractivity contribution in [3.8, 4) is 5.75 Å². The molecule has 7 heteroatoms. The van der Waals surface area contributed by atoms with Crippen molar-refractivity contribution < 1.29 is 14.6 Å². The Morgan fingerprint density at radius 1 is 1.14 bits per heavy atom. The Balaban J connectivity index is 1.48. The molecule has 3 N–H and O–H groups in total. The third kappa shape index (κ3) is 6.51. The molecule has 1 atom stereocenters. The summed E-state index contributed by atoms with van der Waals surface area (Å²) in [6.45, 7) is 0.105. The Bertz CT molecular complexity index is 920. The minimum atomic E-state index is -0.798. The number of hydrogen-bond donors (Lipinski definition) is 3. The van der Waals surface area contributed by atoms with Gasteiger partial charge in [0.2, 0.25) is 0 Å². The van der Waals surface area contributed by atoms with Crippen LogP contribution in [0.25, 0.3) is 0 Å². The number of amides is 2. The first-order valence-corrected chi connectivity index (χ1v) is 10.1. The molecule has 0 bridgehead atoms. The van der Waals surface area contributed by atoms with Gasteiger partial charge in [-0.1, -0.05) is 30.3 Å². The largest absolute Gasteiger partial charge is 0.497 e. The first-order valence-electron chi connectivity index (χ1n) is 9.13. The maximum absolute atomic E-state index is 12.2. The lowest BCUT2D eigenvalue weighted by atomic mass is 10.1. The number of aliphatic hydroxyl groups excluding tert-OH is 1. The number of urea groups is 1. The van der Waals surface area contributed by atoms with E-state index in [0.29, 0.717) is 17.0 Å². The van der Waals surface area contributed by atoms with Gasteiger partial charge in [-0.15, -0.1) is 11.8 Å². The standard InChI is InChI=1S/C22H23N3O3S/c1-28-19-10-8-17(9-11-19)20(26)14-24-22(27)25-18-6-4-5-16(13-18)15-29-21-7-2-3-12-23-21/h2-13,20,26H,14-15H2,1H3,(H2,24,25,27). The molecular weight excluding hydrogens is 386 g/mol. The zero-order valence-corrected chi connectivity index (χ0v) is 16.9. The quantitative estimate of drug-likeness (QED) is 0.485. The fraction of sp³-hybridized carbons (Fsp3) is 0.182. The molecule has 0 spiro atoms. The van der Waals surface area contributed by atoms with Gasteiger partial charge in [0.15, 0.2) is 0 Å². The Morgan fingerprint density at radius 2 is 1.97 bits per heavy atom. The second-order valence-corrected chi connectivity index (χ2v) is 7.28. The van der Waals surface area contributed by atoms with E-state index in [9.17, 15) is 9.90 Å².